The van der Waals surface area contributed by atoms with Crippen LogP contribution in [0.2, 0.25) is 0 Å². The summed E-state index contributed by atoms with van der Waals surface area (Å²) < 4.78 is 38.1. The van der Waals surface area contributed by atoms with Crippen LogP contribution in [0.1, 0.15) is 59.8 Å². The van der Waals surface area contributed by atoms with Crippen LogP contribution in [0.4, 0.5) is 0 Å². The lowest BCUT2D eigenvalue weighted by Crippen LogP contribution is -2.30. The molecule has 3 aromatic rings. The zero-order chi connectivity index (χ0) is 28.4. The van der Waals surface area contributed by atoms with Gasteiger partial charge < -0.3 is 14.6 Å². The van der Waals surface area contributed by atoms with Crippen LogP contribution in [0.15, 0.2) is 42.6 Å². The van der Waals surface area contributed by atoms with E-state index in [0.29, 0.717) is 41.8 Å². The van der Waals surface area contributed by atoms with E-state index >= 15 is 0 Å². The molecule has 0 aliphatic rings. The molecule has 10 nitrogen and oxygen atoms in total. The molecule has 1 aromatic carbocycles. The van der Waals surface area contributed by atoms with Crippen molar-refractivity contribution in [2.24, 2.45) is 13.0 Å². The Morgan fingerprint density at radius 1 is 1.21 bits per heavy atom. The molecular formula is C28H34N4O6S. The molecule has 0 aliphatic heterocycles. The van der Waals surface area contributed by atoms with Gasteiger partial charge in [-0.2, -0.15) is 13.7 Å². The van der Waals surface area contributed by atoms with Crippen molar-refractivity contribution in [3.05, 3.63) is 65.0 Å². The number of pyridine rings is 1. The van der Waals surface area contributed by atoms with Crippen molar-refractivity contribution in [3.8, 4) is 6.07 Å². The number of Topliss-reactive ketones (excluding diaryl/α,β-unsaturated/α-hetero) is 1. The first-order valence-electron chi connectivity index (χ1n) is 12.8. The zero-order valence-corrected chi connectivity index (χ0v) is 23.0. The monoisotopic (exact) mass is 554 g/mol. The number of benzene rings is 1. The molecule has 0 aliphatic carbocycles. The largest absolute Gasteiger partial charge is 0.377 e. The van der Waals surface area contributed by atoms with Gasteiger partial charge in [0.05, 0.1) is 17.9 Å². The lowest BCUT2D eigenvalue weighted by molar-refractivity contribution is -0.121. The Labute approximate surface area is 228 Å². The Morgan fingerprint density at radius 2 is 1.95 bits per heavy atom. The van der Waals surface area contributed by atoms with Gasteiger partial charge in [0, 0.05) is 55.9 Å². The van der Waals surface area contributed by atoms with E-state index in [-0.39, 0.29) is 31.1 Å². The van der Waals surface area contributed by atoms with Crippen molar-refractivity contribution in [2.45, 2.75) is 45.6 Å². The van der Waals surface area contributed by atoms with Crippen molar-refractivity contribution in [2.75, 3.05) is 18.9 Å². The van der Waals surface area contributed by atoms with Crippen LogP contribution in [0.25, 0.3) is 11.0 Å². The average molecular weight is 555 g/mol. The van der Waals surface area contributed by atoms with Crippen LogP contribution in [0.5, 0.6) is 0 Å². The highest BCUT2D eigenvalue weighted by molar-refractivity contribution is 7.85. The fourth-order valence-electron chi connectivity index (χ4n) is 4.48. The van der Waals surface area contributed by atoms with Gasteiger partial charge in [-0.15, -0.1) is 0 Å². The predicted molar refractivity (Wildman–Crippen MR) is 147 cm³/mol. The van der Waals surface area contributed by atoms with Crippen molar-refractivity contribution in [1.29, 1.82) is 5.26 Å². The first kappa shape index (κ1) is 30.0. The van der Waals surface area contributed by atoms with Gasteiger partial charge in [0.2, 0.25) is 5.91 Å². The summed E-state index contributed by atoms with van der Waals surface area (Å²) in [6, 6.07) is 13.7. The maximum absolute atomic E-state index is 13.5. The van der Waals surface area contributed by atoms with Crippen LogP contribution in [-0.4, -0.2) is 53.1 Å². The maximum atomic E-state index is 13.5. The smallest absolute Gasteiger partial charge is 0.266 e. The number of carbonyl (C=O) groups is 2. The number of aromatic nitrogens is 2. The first-order valence-corrected chi connectivity index (χ1v) is 14.4. The maximum Gasteiger partial charge on any atom is 0.266 e. The number of nitrogens with one attached hydrogen (secondary N) is 1. The van der Waals surface area contributed by atoms with Gasteiger partial charge in [-0.25, -0.2) is 4.98 Å². The number of nitrogens with zero attached hydrogens (tertiary/aromatic N) is 3. The van der Waals surface area contributed by atoms with Crippen LogP contribution in [0.3, 0.4) is 0 Å². The van der Waals surface area contributed by atoms with Crippen molar-refractivity contribution < 1.29 is 27.3 Å². The third-order valence-electron chi connectivity index (χ3n) is 6.37. The number of aryl methyl sites for hydroxylation is 1. The van der Waals surface area contributed by atoms with Crippen LogP contribution < -0.4 is 5.32 Å². The number of fused-ring (bicyclic) bond motifs is 1. The Hall–Kier alpha value is -3.59. The van der Waals surface area contributed by atoms with E-state index in [2.05, 4.69) is 16.4 Å². The fraction of sp³-hybridized carbons (Fsp3) is 0.429. The summed E-state index contributed by atoms with van der Waals surface area (Å²) in [5, 5.41) is 12.4. The topological polar surface area (TPSA) is 151 Å². The van der Waals surface area contributed by atoms with E-state index in [1.54, 1.807) is 13.0 Å². The fourth-order valence-corrected chi connectivity index (χ4v) is 4.84. The van der Waals surface area contributed by atoms with E-state index in [1.165, 1.54) is 6.20 Å². The minimum absolute atomic E-state index is 0.0256. The van der Waals surface area contributed by atoms with E-state index < -0.39 is 21.8 Å². The van der Waals surface area contributed by atoms with Gasteiger partial charge in [0.1, 0.15) is 11.7 Å². The van der Waals surface area contributed by atoms with Gasteiger partial charge in [-0.1, -0.05) is 37.3 Å². The molecule has 39 heavy (non-hydrogen) atoms. The van der Waals surface area contributed by atoms with Crippen LogP contribution in [-0.2, 0) is 39.7 Å². The number of amides is 1. The highest BCUT2D eigenvalue weighted by Gasteiger charge is 2.24. The summed E-state index contributed by atoms with van der Waals surface area (Å²) in [5.41, 5.74) is 3.42. The quantitative estimate of drug-likeness (QED) is 0.164. The number of carbonyl (C=O) groups excluding carboxylic acids is 2. The van der Waals surface area contributed by atoms with Gasteiger partial charge in [-0.3, -0.25) is 14.1 Å². The third-order valence-corrected chi connectivity index (χ3v) is 7.09. The molecule has 11 heteroatoms. The molecule has 0 saturated heterocycles. The van der Waals surface area contributed by atoms with Crippen molar-refractivity contribution in [1.82, 2.24) is 14.9 Å². The molecule has 0 spiro atoms. The number of nitriles is 1. The summed E-state index contributed by atoms with van der Waals surface area (Å²) in [5.74, 6) is -1.44. The number of ketones is 1. The SMILES string of the molecule is C[C@H](CC(=O)NCCS(=O)(=O)O)CC(=O)c1c(CCCCOCc2ccccc2)n(C)c2ncc(C#N)cc12. The third kappa shape index (κ3) is 8.99. The molecule has 0 saturated carbocycles. The molecule has 0 unspecified atom stereocenters. The highest BCUT2D eigenvalue weighted by Crippen LogP contribution is 2.29. The molecule has 208 valence electrons. The summed E-state index contributed by atoms with van der Waals surface area (Å²) in [4.78, 5) is 30.1. The standard InChI is InChI=1S/C28H34N4O6S/c1-20(15-26(34)30-11-13-39(35,36)37)14-25(33)27-23-16-22(17-29)18-31-28(23)32(2)24(27)10-6-7-12-38-19-21-8-4-3-5-9-21/h3-5,8-9,16,18,20H,6-7,10-15,19H2,1-2H3,(H,30,34)(H,35,36,37)/t20-/m0/s1. The number of hydrogen-bond donors (Lipinski definition) is 2. The van der Waals surface area contributed by atoms with Crippen LogP contribution >= 0.6 is 0 Å². The highest BCUT2D eigenvalue weighted by atomic mass is 32.2. The van der Waals surface area contributed by atoms with E-state index in [9.17, 15) is 23.3 Å². The second kappa shape index (κ2) is 14.0. The Bertz CT molecular complexity index is 1440. The lowest BCUT2D eigenvalue weighted by atomic mass is 9.94. The summed E-state index contributed by atoms with van der Waals surface area (Å²) in [6.07, 6.45) is 3.81. The average Bonchev–Trinajstić information content (AvgIpc) is 3.16. The molecule has 2 heterocycles. The van der Waals surface area contributed by atoms with Crippen LogP contribution in [0, 0.1) is 17.2 Å². The molecule has 0 radical (unpaired) electrons. The molecule has 1 atom stereocenters. The predicted octanol–water partition coefficient (Wildman–Crippen LogP) is 3.59. The second-order valence-electron chi connectivity index (χ2n) is 9.66. The first-order chi connectivity index (χ1) is 18.6. The summed E-state index contributed by atoms with van der Waals surface area (Å²) in [6.45, 7) is 2.70. The minimum Gasteiger partial charge on any atom is -0.377 e. The van der Waals surface area contributed by atoms with Gasteiger partial charge >= 0.3 is 0 Å². The second-order valence-corrected chi connectivity index (χ2v) is 11.2. The zero-order valence-electron chi connectivity index (χ0n) is 22.2. The van der Waals surface area contributed by atoms with Gasteiger partial charge in [0.15, 0.2) is 5.78 Å². The van der Waals surface area contributed by atoms with E-state index in [1.807, 2.05) is 41.9 Å². The number of unbranched alkanes of at least 4 members (excludes halogenated alkanes) is 1. The molecule has 2 N–H and O–H groups in total. The molecule has 0 fully saturated rings. The molecule has 0 bridgehead atoms. The van der Waals surface area contributed by atoms with E-state index in [0.717, 1.165) is 24.1 Å². The molecule has 3 rings (SSSR count). The Morgan fingerprint density at radius 3 is 2.64 bits per heavy atom. The Kier molecular flexibility index (Phi) is 10.7. The molecule has 1 amide bonds. The van der Waals surface area contributed by atoms with Gasteiger partial charge in [0.25, 0.3) is 10.1 Å². The summed E-state index contributed by atoms with van der Waals surface area (Å²) >= 11 is 0. The molecule has 2 aromatic heterocycles. The number of rotatable bonds is 15. The number of ether oxygens (including phenoxy) is 1. The van der Waals surface area contributed by atoms with Crippen molar-refractivity contribution >= 4 is 32.8 Å². The minimum atomic E-state index is -4.17. The number of hydrogen-bond acceptors (Lipinski definition) is 7. The van der Waals surface area contributed by atoms with Crippen molar-refractivity contribution in [3.63, 3.8) is 0 Å². The normalized spacial score (nSPS) is 12.3. The Balaban J connectivity index is 1.66. The lowest BCUT2D eigenvalue weighted by Gasteiger charge is -2.12. The summed E-state index contributed by atoms with van der Waals surface area (Å²) in [7, 11) is -2.31. The molecular weight excluding hydrogens is 520 g/mol. The van der Waals surface area contributed by atoms with E-state index in [4.69, 9.17) is 9.29 Å². The van der Waals surface area contributed by atoms with Gasteiger partial charge in [-0.05, 0) is 36.8 Å².